The number of aryl methyl sites for hydroxylation is 1. The van der Waals surface area contributed by atoms with Crippen molar-refractivity contribution in [1.29, 1.82) is 0 Å². The molecule has 3 aromatic rings. The van der Waals surface area contributed by atoms with Gasteiger partial charge in [-0.05, 0) is 37.1 Å². The van der Waals surface area contributed by atoms with E-state index in [1.165, 1.54) is 21.8 Å². The van der Waals surface area contributed by atoms with Crippen molar-refractivity contribution in [2.75, 3.05) is 6.67 Å². The molecule has 2 aromatic carbocycles. The van der Waals surface area contributed by atoms with Crippen LogP contribution in [-0.4, -0.2) is 11.2 Å². The molecule has 0 radical (unpaired) electrons. The first kappa shape index (κ1) is 15.8. The van der Waals surface area contributed by atoms with Crippen molar-refractivity contribution in [3.63, 3.8) is 0 Å². The molecule has 0 aliphatic rings. The van der Waals surface area contributed by atoms with Gasteiger partial charge in [-0.15, -0.1) is 12.4 Å². The SMILES string of the molecule is CCn1c2ccccc2c2cc([C@H](N)CCF)ccc21.Cl. The molecule has 1 atom stereocenters. The predicted molar refractivity (Wildman–Crippen MR) is 89.9 cm³/mol. The lowest BCUT2D eigenvalue weighted by molar-refractivity contribution is 0.442. The Morgan fingerprint density at radius 1 is 1.10 bits per heavy atom. The molecule has 1 heterocycles. The van der Waals surface area contributed by atoms with Crippen LogP contribution in [0.3, 0.4) is 0 Å². The van der Waals surface area contributed by atoms with Crippen LogP contribution in [0.5, 0.6) is 0 Å². The summed E-state index contributed by atoms with van der Waals surface area (Å²) in [5.74, 6) is 0. The van der Waals surface area contributed by atoms with Crippen molar-refractivity contribution >= 4 is 34.2 Å². The smallest absolute Gasteiger partial charge is 0.0912 e. The Kier molecular flexibility index (Phi) is 4.86. The Labute approximate surface area is 130 Å². The molecule has 21 heavy (non-hydrogen) atoms. The van der Waals surface area contributed by atoms with Gasteiger partial charge in [0.1, 0.15) is 0 Å². The van der Waals surface area contributed by atoms with Gasteiger partial charge in [0.25, 0.3) is 0 Å². The number of alkyl halides is 1. The van der Waals surface area contributed by atoms with Gasteiger partial charge in [-0.25, -0.2) is 0 Å². The first-order valence-electron chi connectivity index (χ1n) is 7.08. The molecule has 4 heteroatoms. The normalized spacial score (nSPS) is 12.5. The fourth-order valence-electron chi connectivity index (χ4n) is 2.93. The van der Waals surface area contributed by atoms with E-state index in [2.05, 4.69) is 47.9 Å². The summed E-state index contributed by atoms with van der Waals surface area (Å²) < 4.78 is 14.8. The number of halogens is 2. The van der Waals surface area contributed by atoms with Crippen molar-refractivity contribution in [3.8, 4) is 0 Å². The highest BCUT2D eigenvalue weighted by molar-refractivity contribution is 6.08. The number of aromatic nitrogens is 1. The highest BCUT2D eigenvalue weighted by atomic mass is 35.5. The van der Waals surface area contributed by atoms with Gasteiger partial charge in [0, 0.05) is 34.4 Å². The van der Waals surface area contributed by atoms with Crippen LogP contribution in [0, 0.1) is 0 Å². The van der Waals surface area contributed by atoms with Gasteiger partial charge in [0.15, 0.2) is 0 Å². The van der Waals surface area contributed by atoms with Crippen LogP contribution in [0.15, 0.2) is 42.5 Å². The molecule has 1 aromatic heterocycles. The maximum absolute atomic E-state index is 12.5. The summed E-state index contributed by atoms with van der Waals surface area (Å²) in [7, 11) is 0. The Bertz CT molecular complexity index is 751. The zero-order valence-electron chi connectivity index (χ0n) is 12.1. The molecule has 0 unspecified atom stereocenters. The Morgan fingerprint density at radius 2 is 1.81 bits per heavy atom. The molecule has 0 saturated heterocycles. The molecule has 0 aliphatic heterocycles. The average Bonchev–Trinajstić information content (AvgIpc) is 2.80. The van der Waals surface area contributed by atoms with E-state index in [-0.39, 0.29) is 25.1 Å². The minimum Gasteiger partial charge on any atom is -0.341 e. The predicted octanol–water partition coefficient (Wildman–Crippen LogP) is 4.60. The minimum absolute atomic E-state index is 0. The van der Waals surface area contributed by atoms with Gasteiger partial charge < -0.3 is 10.3 Å². The van der Waals surface area contributed by atoms with Gasteiger partial charge in [-0.2, -0.15) is 0 Å². The molecule has 2 N–H and O–H groups in total. The molecule has 0 bridgehead atoms. The third kappa shape index (κ3) is 2.63. The van der Waals surface area contributed by atoms with Crippen LogP contribution in [0.25, 0.3) is 21.8 Å². The van der Waals surface area contributed by atoms with E-state index in [0.717, 1.165) is 12.1 Å². The van der Waals surface area contributed by atoms with Gasteiger partial charge in [0.2, 0.25) is 0 Å². The number of para-hydroxylation sites is 1. The summed E-state index contributed by atoms with van der Waals surface area (Å²) in [6, 6.07) is 14.4. The highest BCUT2D eigenvalue weighted by Crippen LogP contribution is 2.31. The molecule has 0 spiro atoms. The average molecular weight is 307 g/mol. The van der Waals surface area contributed by atoms with Crippen LogP contribution in [0.4, 0.5) is 4.39 Å². The molecular weight excluding hydrogens is 287 g/mol. The number of nitrogens with zero attached hydrogens (tertiary/aromatic N) is 1. The lowest BCUT2D eigenvalue weighted by Crippen LogP contribution is -2.10. The number of benzene rings is 2. The quantitative estimate of drug-likeness (QED) is 0.750. The van der Waals surface area contributed by atoms with E-state index in [0.29, 0.717) is 6.42 Å². The highest BCUT2D eigenvalue weighted by Gasteiger charge is 2.12. The van der Waals surface area contributed by atoms with Crippen LogP contribution >= 0.6 is 12.4 Å². The second kappa shape index (κ2) is 6.46. The number of fused-ring (bicyclic) bond motifs is 3. The Morgan fingerprint density at radius 3 is 2.52 bits per heavy atom. The second-order valence-electron chi connectivity index (χ2n) is 5.12. The Hall–Kier alpha value is -1.58. The monoisotopic (exact) mass is 306 g/mol. The fraction of sp³-hybridized carbons (Fsp3) is 0.294. The van der Waals surface area contributed by atoms with E-state index >= 15 is 0 Å². The van der Waals surface area contributed by atoms with E-state index in [4.69, 9.17) is 5.73 Å². The van der Waals surface area contributed by atoms with Gasteiger partial charge in [-0.3, -0.25) is 4.39 Å². The first-order valence-corrected chi connectivity index (χ1v) is 7.08. The minimum atomic E-state index is -0.379. The third-order valence-corrected chi connectivity index (χ3v) is 3.96. The maximum atomic E-state index is 12.5. The van der Waals surface area contributed by atoms with Gasteiger partial charge in [-0.1, -0.05) is 24.3 Å². The summed E-state index contributed by atoms with van der Waals surface area (Å²) in [6.07, 6.45) is 0.373. The van der Waals surface area contributed by atoms with Crippen LogP contribution < -0.4 is 5.73 Å². The number of hydrogen-bond donors (Lipinski definition) is 1. The topological polar surface area (TPSA) is 30.9 Å². The summed E-state index contributed by atoms with van der Waals surface area (Å²) in [5.41, 5.74) is 9.49. The zero-order valence-corrected chi connectivity index (χ0v) is 12.9. The van der Waals surface area contributed by atoms with Crippen LogP contribution in [-0.2, 0) is 6.54 Å². The summed E-state index contributed by atoms with van der Waals surface area (Å²) >= 11 is 0. The summed E-state index contributed by atoms with van der Waals surface area (Å²) in [6.45, 7) is 2.70. The fourth-order valence-corrected chi connectivity index (χ4v) is 2.93. The summed E-state index contributed by atoms with van der Waals surface area (Å²) in [4.78, 5) is 0. The summed E-state index contributed by atoms with van der Waals surface area (Å²) in [5, 5.41) is 2.44. The molecule has 2 nitrogen and oxygen atoms in total. The number of hydrogen-bond acceptors (Lipinski definition) is 1. The third-order valence-electron chi connectivity index (χ3n) is 3.96. The molecule has 112 valence electrons. The second-order valence-corrected chi connectivity index (χ2v) is 5.12. The molecule has 0 aliphatic carbocycles. The molecule has 0 fully saturated rings. The van der Waals surface area contributed by atoms with E-state index in [9.17, 15) is 4.39 Å². The van der Waals surface area contributed by atoms with Crippen molar-refractivity contribution in [2.45, 2.75) is 25.9 Å². The lowest BCUT2D eigenvalue weighted by Gasteiger charge is -2.10. The Balaban J connectivity index is 0.00000161. The first-order chi connectivity index (χ1) is 9.76. The standard InChI is InChI=1S/C17H19FN2.ClH/c1-2-20-16-6-4-3-5-13(16)14-11-12(7-8-17(14)20)15(19)9-10-18;/h3-8,11,15H,2,9-10,19H2,1H3;1H/t15-;/m1./s1. The van der Waals surface area contributed by atoms with Crippen LogP contribution in [0.2, 0.25) is 0 Å². The lowest BCUT2D eigenvalue weighted by atomic mass is 10.0. The van der Waals surface area contributed by atoms with Crippen molar-refractivity contribution in [1.82, 2.24) is 4.57 Å². The van der Waals surface area contributed by atoms with E-state index in [1.54, 1.807) is 0 Å². The van der Waals surface area contributed by atoms with Crippen molar-refractivity contribution in [2.24, 2.45) is 5.73 Å². The molecule has 0 amide bonds. The number of rotatable bonds is 4. The zero-order chi connectivity index (χ0) is 14.1. The van der Waals surface area contributed by atoms with Crippen molar-refractivity contribution in [3.05, 3.63) is 48.0 Å². The van der Waals surface area contributed by atoms with E-state index in [1.807, 2.05) is 6.07 Å². The largest absolute Gasteiger partial charge is 0.341 e. The van der Waals surface area contributed by atoms with Crippen molar-refractivity contribution < 1.29 is 4.39 Å². The molecule has 0 saturated carbocycles. The number of nitrogens with two attached hydrogens (primary N) is 1. The maximum Gasteiger partial charge on any atom is 0.0912 e. The van der Waals surface area contributed by atoms with Crippen LogP contribution in [0.1, 0.15) is 24.9 Å². The van der Waals surface area contributed by atoms with E-state index < -0.39 is 0 Å². The van der Waals surface area contributed by atoms with Gasteiger partial charge in [0.05, 0.1) is 6.67 Å². The molecular formula is C17H20ClFN2. The van der Waals surface area contributed by atoms with Gasteiger partial charge >= 0.3 is 0 Å². The molecule has 3 rings (SSSR count).